The number of nitrogens with zero attached hydrogens (tertiary/aromatic N) is 1. The highest BCUT2D eigenvalue weighted by Gasteiger charge is 2.27. The fourth-order valence-electron chi connectivity index (χ4n) is 2.43. The Balaban J connectivity index is 2.33. The topological polar surface area (TPSA) is 24.9 Å². The molecular formula is C15H16BrFN2. The number of nitrogens with one attached hydrogen (secondary N) is 1. The Kier molecular flexibility index (Phi) is 3.21. The first-order valence-electron chi connectivity index (χ1n) is 6.65. The van der Waals surface area contributed by atoms with Crippen LogP contribution in [0.15, 0.2) is 16.6 Å². The summed E-state index contributed by atoms with van der Waals surface area (Å²) in [7, 11) is 0. The number of aryl methyl sites for hydroxylation is 1. The van der Waals surface area contributed by atoms with E-state index < -0.39 is 0 Å². The number of halogens is 2. The van der Waals surface area contributed by atoms with Gasteiger partial charge >= 0.3 is 0 Å². The maximum Gasteiger partial charge on any atom is 0.138 e. The van der Waals surface area contributed by atoms with Crippen LogP contribution in [0.2, 0.25) is 0 Å². The van der Waals surface area contributed by atoms with Gasteiger partial charge in [-0.2, -0.15) is 0 Å². The average Bonchev–Trinajstić information content (AvgIpc) is 3.20. The van der Waals surface area contributed by atoms with Crippen molar-refractivity contribution in [3.05, 3.63) is 33.7 Å². The molecule has 1 saturated carbocycles. The third kappa shape index (κ3) is 2.22. The molecule has 1 aliphatic rings. The molecular weight excluding hydrogens is 307 g/mol. The van der Waals surface area contributed by atoms with Crippen molar-refractivity contribution in [1.29, 1.82) is 0 Å². The van der Waals surface area contributed by atoms with Gasteiger partial charge in [-0.05, 0) is 60.3 Å². The Morgan fingerprint density at radius 3 is 2.79 bits per heavy atom. The average molecular weight is 323 g/mol. The van der Waals surface area contributed by atoms with E-state index in [2.05, 4.69) is 27.3 Å². The molecule has 1 aromatic heterocycles. The first-order chi connectivity index (χ1) is 9.11. The van der Waals surface area contributed by atoms with E-state index in [4.69, 9.17) is 4.98 Å². The molecule has 0 saturated heterocycles. The second-order valence-electron chi connectivity index (χ2n) is 5.11. The summed E-state index contributed by atoms with van der Waals surface area (Å²) in [6.07, 6.45) is 2.43. The second kappa shape index (κ2) is 4.75. The van der Waals surface area contributed by atoms with Gasteiger partial charge in [0.05, 0.1) is 9.99 Å². The fourth-order valence-corrected chi connectivity index (χ4v) is 2.95. The maximum absolute atomic E-state index is 13.9. The quantitative estimate of drug-likeness (QED) is 0.881. The van der Waals surface area contributed by atoms with Crippen molar-refractivity contribution in [3.63, 3.8) is 0 Å². The first-order valence-corrected chi connectivity index (χ1v) is 7.44. The molecule has 19 heavy (non-hydrogen) atoms. The molecule has 1 heterocycles. The van der Waals surface area contributed by atoms with Crippen molar-refractivity contribution in [3.8, 4) is 0 Å². The van der Waals surface area contributed by atoms with Crippen LogP contribution < -0.4 is 5.32 Å². The smallest absolute Gasteiger partial charge is 0.138 e. The van der Waals surface area contributed by atoms with Gasteiger partial charge in [0.15, 0.2) is 0 Å². The summed E-state index contributed by atoms with van der Waals surface area (Å²) in [6.45, 7) is 4.77. The molecule has 1 aliphatic carbocycles. The third-order valence-electron chi connectivity index (χ3n) is 3.55. The Labute approximate surface area is 120 Å². The highest BCUT2D eigenvalue weighted by molar-refractivity contribution is 9.10. The maximum atomic E-state index is 13.9. The molecule has 3 rings (SSSR count). The minimum atomic E-state index is -0.231. The molecule has 4 heteroatoms. The van der Waals surface area contributed by atoms with Crippen molar-refractivity contribution in [2.75, 3.05) is 11.9 Å². The van der Waals surface area contributed by atoms with Gasteiger partial charge in [0.25, 0.3) is 0 Å². The van der Waals surface area contributed by atoms with Crippen LogP contribution in [0.4, 0.5) is 10.1 Å². The molecule has 0 spiro atoms. The molecule has 2 nitrogen and oxygen atoms in total. The van der Waals surface area contributed by atoms with E-state index in [1.165, 1.54) is 12.8 Å². The summed E-state index contributed by atoms with van der Waals surface area (Å²) in [5, 5.41) is 4.18. The van der Waals surface area contributed by atoms with Crippen LogP contribution in [0.5, 0.6) is 0 Å². The highest BCUT2D eigenvalue weighted by Crippen LogP contribution is 2.43. The van der Waals surface area contributed by atoms with E-state index in [9.17, 15) is 4.39 Å². The fraction of sp³-hybridized carbons (Fsp3) is 0.400. The summed E-state index contributed by atoms with van der Waals surface area (Å²) in [5.41, 5.74) is 3.89. The number of fused-ring (bicyclic) bond motifs is 1. The monoisotopic (exact) mass is 322 g/mol. The van der Waals surface area contributed by atoms with E-state index in [0.29, 0.717) is 10.4 Å². The van der Waals surface area contributed by atoms with Crippen LogP contribution in [0.1, 0.15) is 36.9 Å². The lowest BCUT2D eigenvalue weighted by Crippen LogP contribution is -2.02. The number of hydrogen-bond acceptors (Lipinski definition) is 2. The summed E-state index contributed by atoms with van der Waals surface area (Å²) in [4.78, 5) is 4.74. The molecule has 0 amide bonds. The van der Waals surface area contributed by atoms with Crippen LogP contribution >= 0.6 is 15.9 Å². The van der Waals surface area contributed by atoms with Crippen LogP contribution in [-0.4, -0.2) is 11.5 Å². The second-order valence-corrected chi connectivity index (χ2v) is 5.91. The largest absolute Gasteiger partial charge is 0.385 e. The number of aromatic nitrogens is 1. The van der Waals surface area contributed by atoms with Gasteiger partial charge in [-0.1, -0.05) is 0 Å². The standard InChI is InChI=1S/C15H16BrFN2/c1-3-18-12-7-11(9-4-5-9)19-15-8(2)6-10(17)14(16)13(12)15/h6-7,9H,3-5H2,1-2H3,(H,18,19). The van der Waals surface area contributed by atoms with Crippen LogP contribution in [0.3, 0.4) is 0 Å². The van der Waals surface area contributed by atoms with Crippen molar-refractivity contribution in [2.24, 2.45) is 0 Å². The molecule has 0 atom stereocenters. The minimum absolute atomic E-state index is 0.231. The molecule has 2 aromatic rings. The molecule has 1 N–H and O–H groups in total. The molecule has 0 unspecified atom stereocenters. The molecule has 1 fully saturated rings. The zero-order valence-corrected chi connectivity index (χ0v) is 12.6. The number of benzene rings is 1. The summed E-state index contributed by atoms with van der Waals surface area (Å²) in [5.74, 6) is 0.357. The van der Waals surface area contributed by atoms with E-state index in [1.54, 1.807) is 6.07 Å². The van der Waals surface area contributed by atoms with Gasteiger partial charge < -0.3 is 5.32 Å². The van der Waals surface area contributed by atoms with E-state index >= 15 is 0 Å². The lowest BCUT2D eigenvalue weighted by molar-refractivity contribution is 0.622. The van der Waals surface area contributed by atoms with E-state index in [1.807, 2.05) is 13.8 Å². The van der Waals surface area contributed by atoms with Gasteiger partial charge in [-0.15, -0.1) is 0 Å². The van der Waals surface area contributed by atoms with Gasteiger partial charge in [-0.25, -0.2) is 4.39 Å². The molecule has 1 aromatic carbocycles. The van der Waals surface area contributed by atoms with Crippen LogP contribution in [0.25, 0.3) is 10.9 Å². The van der Waals surface area contributed by atoms with E-state index in [-0.39, 0.29) is 5.82 Å². The minimum Gasteiger partial charge on any atom is -0.385 e. The lowest BCUT2D eigenvalue weighted by Gasteiger charge is -2.14. The predicted octanol–water partition coefficient (Wildman–Crippen LogP) is 4.75. The van der Waals surface area contributed by atoms with Crippen molar-refractivity contribution in [1.82, 2.24) is 4.98 Å². The normalized spacial score (nSPS) is 14.9. The summed E-state index contributed by atoms with van der Waals surface area (Å²) >= 11 is 3.36. The zero-order valence-electron chi connectivity index (χ0n) is 11.1. The van der Waals surface area contributed by atoms with Gasteiger partial charge in [0, 0.05) is 29.2 Å². The Morgan fingerprint density at radius 2 is 2.16 bits per heavy atom. The number of hydrogen-bond donors (Lipinski definition) is 1. The van der Waals surface area contributed by atoms with Gasteiger partial charge in [-0.3, -0.25) is 4.98 Å². The van der Waals surface area contributed by atoms with Gasteiger partial charge in [0.2, 0.25) is 0 Å². The Hall–Kier alpha value is -1.16. The van der Waals surface area contributed by atoms with Crippen molar-refractivity contribution < 1.29 is 4.39 Å². The summed E-state index contributed by atoms with van der Waals surface area (Å²) < 4.78 is 14.4. The van der Waals surface area contributed by atoms with Crippen molar-refractivity contribution in [2.45, 2.75) is 32.6 Å². The Bertz CT molecular complexity index is 650. The van der Waals surface area contributed by atoms with Gasteiger partial charge in [0.1, 0.15) is 5.82 Å². The zero-order chi connectivity index (χ0) is 13.6. The lowest BCUT2D eigenvalue weighted by atomic mass is 10.1. The van der Waals surface area contributed by atoms with Crippen LogP contribution in [-0.2, 0) is 0 Å². The summed E-state index contributed by atoms with van der Waals surface area (Å²) in [6, 6.07) is 3.62. The Morgan fingerprint density at radius 1 is 1.42 bits per heavy atom. The molecule has 100 valence electrons. The van der Waals surface area contributed by atoms with Crippen molar-refractivity contribution >= 4 is 32.5 Å². The van der Waals surface area contributed by atoms with E-state index in [0.717, 1.165) is 34.4 Å². The first kappa shape index (κ1) is 12.9. The number of pyridine rings is 1. The third-order valence-corrected chi connectivity index (χ3v) is 4.32. The highest BCUT2D eigenvalue weighted by atomic mass is 79.9. The SMILES string of the molecule is CCNc1cc(C2CC2)nc2c(C)cc(F)c(Br)c12. The molecule has 0 bridgehead atoms. The number of anilines is 1. The number of rotatable bonds is 3. The molecule has 0 radical (unpaired) electrons. The molecule has 0 aliphatic heterocycles. The predicted molar refractivity (Wildman–Crippen MR) is 80.3 cm³/mol. The van der Waals surface area contributed by atoms with Crippen LogP contribution in [0, 0.1) is 12.7 Å².